The van der Waals surface area contributed by atoms with E-state index in [9.17, 15) is 0 Å². The molecule has 2 N–H and O–H groups in total. The average Bonchev–Trinajstić information content (AvgIpc) is 2.85. The molecule has 0 amide bonds. The molecular weight excluding hydrogens is 270 g/mol. The Morgan fingerprint density at radius 3 is 2.90 bits per heavy atom. The third kappa shape index (κ3) is 2.94. The van der Waals surface area contributed by atoms with E-state index in [2.05, 4.69) is 28.2 Å². The molecule has 0 bridgehead atoms. The van der Waals surface area contributed by atoms with E-state index in [1.165, 1.54) is 35.3 Å². The summed E-state index contributed by atoms with van der Waals surface area (Å²) in [5.74, 6) is 1.10. The Bertz CT molecular complexity index is 631. The minimum atomic E-state index is 0.378. The molecule has 0 unspecified atom stereocenters. The van der Waals surface area contributed by atoms with Crippen molar-refractivity contribution < 1.29 is 4.74 Å². The minimum Gasteiger partial charge on any atom is -0.384 e. The number of nitrogen functional groups attached to an aromatic ring is 1. The third-order valence-electron chi connectivity index (χ3n) is 3.33. The Kier molecular flexibility index (Phi) is 3.89. The summed E-state index contributed by atoms with van der Waals surface area (Å²) in [6, 6.07) is 8.45. The Morgan fingerprint density at radius 1 is 1.20 bits per heavy atom. The normalized spacial score (nSPS) is 13.4. The van der Waals surface area contributed by atoms with Crippen LogP contribution in [-0.2, 0) is 24.2 Å². The fraction of sp³-hybridized carbons (Fsp3) is 0.333. The van der Waals surface area contributed by atoms with Gasteiger partial charge in [0.25, 0.3) is 0 Å². The minimum absolute atomic E-state index is 0.378. The quantitative estimate of drug-likeness (QED) is 0.876. The molecule has 0 saturated heterocycles. The van der Waals surface area contributed by atoms with Crippen molar-refractivity contribution in [3.05, 3.63) is 41.2 Å². The SMILES string of the molecule is COCc1nc(N)cc(Sc2ccc3c(c2)CCC3)n1. The molecule has 104 valence electrons. The van der Waals surface area contributed by atoms with Crippen LogP contribution in [0, 0.1) is 0 Å². The topological polar surface area (TPSA) is 61.0 Å². The molecule has 1 aliphatic rings. The lowest BCUT2D eigenvalue weighted by atomic mass is 10.1. The summed E-state index contributed by atoms with van der Waals surface area (Å²) in [6.07, 6.45) is 3.66. The van der Waals surface area contributed by atoms with Crippen LogP contribution >= 0.6 is 11.8 Å². The van der Waals surface area contributed by atoms with Gasteiger partial charge in [-0.3, -0.25) is 0 Å². The number of nitrogens with two attached hydrogens (primary N) is 1. The van der Waals surface area contributed by atoms with E-state index in [1.54, 1.807) is 24.9 Å². The number of benzene rings is 1. The first-order valence-corrected chi connectivity index (χ1v) is 7.48. The predicted octanol–water partition coefficient (Wildman–Crippen LogP) is 2.85. The summed E-state index contributed by atoms with van der Waals surface area (Å²) in [5.41, 5.74) is 8.76. The van der Waals surface area contributed by atoms with E-state index in [0.717, 1.165) is 5.03 Å². The highest BCUT2D eigenvalue weighted by molar-refractivity contribution is 7.99. The van der Waals surface area contributed by atoms with E-state index < -0.39 is 0 Å². The first-order valence-electron chi connectivity index (χ1n) is 6.66. The molecule has 0 saturated carbocycles. The van der Waals surface area contributed by atoms with Crippen molar-refractivity contribution in [2.75, 3.05) is 12.8 Å². The van der Waals surface area contributed by atoms with Gasteiger partial charge < -0.3 is 10.5 Å². The molecule has 20 heavy (non-hydrogen) atoms. The highest BCUT2D eigenvalue weighted by Gasteiger charge is 2.12. The van der Waals surface area contributed by atoms with Crippen LogP contribution in [0.3, 0.4) is 0 Å². The predicted molar refractivity (Wildman–Crippen MR) is 79.7 cm³/mol. The highest BCUT2D eigenvalue weighted by atomic mass is 32.2. The van der Waals surface area contributed by atoms with Crippen molar-refractivity contribution in [2.45, 2.75) is 35.8 Å². The van der Waals surface area contributed by atoms with Gasteiger partial charge in [-0.15, -0.1) is 0 Å². The fourth-order valence-corrected chi connectivity index (χ4v) is 3.38. The van der Waals surface area contributed by atoms with Gasteiger partial charge in [0.15, 0.2) is 5.82 Å². The molecule has 3 rings (SSSR count). The molecule has 0 aliphatic heterocycles. The van der Waals surface area contributed by atoms with Crippen molar-refractivity contribution in [1.29, 1.82) is 0 Å². The maximum atomic E-state index is 5.81. The largest absolute Gasteiger partial charge is 0.384 e. The molecule has 1 aliphatic carbocycles. The smallest absolute Gasteiger partial charge is 0.157 e. The van der Waals surface area contributed by atoms with Crippen LogP contribution in [0.15, 0.2) is 34.2 Å². The van der Waals surface area contributed by atoms with E-state index >= 15 is 0 Å². The van der Waals surface area contributed by atoms with E-state index in [0.29, 0.717) is 18.2 Å². The monoisotopic (exact) mass is 287 g/mol. The Labute approximate surface area is 122 Å². The lowest BCUT2D eigenvalue weighted by Crippen LogP contribution is -2.01. The van der Waals surface area contributed by atoms with Crippen molar-refractivity contribution in [1.82, 2.24) is 9.97 Å². The molecule has 1 aromatic carbocycles. The lowest BCUT2D eigenvalue weighted by molar-refractivity contribution is 0.177. The zero-order valence-corrected chi connectivity index (χ0v) is 12.2. The number of rotatable bonds is 4. The van der Waals surface area contributed by atoms with Crippen LogP contribution in [0.1, 0.15) is 23.4 Å². The maximum Gasteiger partial charge on any atom is 0.157 e. The fourth-order valence-electron chi connectivity index (χ4n) is 2.47. The highest BCUT2D eigenvalue weighted by Crippen LogP contribution is 2.31. The maximum absolute atomic E-state index is 5.81. The number of nitrogens with zero attached hydrogens (tertiary/aromatic N) is 2. The van der Waals surface area contributed by atoms with Crippen LogP contribution < -0.4 is 5.73 Å². The van der Waals surface area contributed by atoms with Gasteiger partial charge >= 0.3 is 0 Å². The number of aromatic nitrogens is 2. The van der Waals surface area contributed by atoms with E-state index in [1.807, 2.05) is 0 Å². The van der Waals surface area contributed by atoms with Crippen LogP contribution in [0.2, 0.25) is 0 Å². The summed E-state index contributed by atoms with van der Waals surface area (Å²) >= 11 is 1.62. The molecule has 4 nitrogen and oxygen atoms in total. The number of methoxy groups -OCH3 is 1. The summed E-state index contributed by atoms with van der Waals surface area (Å²) < 4.78 is 5.06. The van der Waals surface area contributed by atoms with Gasteiger partial charge in [0.1, 0.15) is 17.5 Å². The molecule has 0 fully saturated rings. The first kappa shape index (κ1) is 13.4. The summed E-state index contributed by atoms with van der Waals surface area (Å²) in [4.78, 5) is 9.81. The lowest BCUT2D eigenvalue weighted by Gasteiger charge is -2.06. The molecule has 2 aromatic rings. The van der Waals surface area contributed by atoms with E-state index in [4.69, 9.17) is 10.5 Å². The van der Waals surface area contributed by atoms with Crippen molar-refractivity contribution >= 4 is 17.6 Å². The zero-order valence-electron chi connectivity index (χ0n) is 11.4. The first-order chi connectivity index (χ1) is 9.74. The Balaban J connectivity index is 1.83. The number of ether oxygens (including phenoxy) is 1. The molecule has 0 radical (unpaired) electrons. The number of hydrogen-bond donors (Lipinski definition) is 1. The zero-order chi connectivity index (χ0) is 13.9. The third-order valence-corrected chi connectivity index (χ3v) is 4.24. The Morgan fingerprint density at radius 2 is 2.05 bits per heavy atom. The second-order valence-corrected chi connectivity index (χ2v) is 5.96. The van der Waals surface area contributed by atoms with Crippen LogP contribution in [0.5, 0.6) is 0 Å². The van der Waals surface area contributed by atoms with Gasteiger partial charge in [-0.2, -0.15) is 0 Å². The van der Waals surface area contributed by atoms with E-state index in [-0.39, 0.29) is 0 Å². The molecule has 1 aromatic heterocycles. The number of hydrogen-bond acceptors (Lipinski definition) is 5. The van der Waals surface area contributed by atoms with Gasteiger partial charge in [-0.05, 0) is 42.5 Å². The van der Waals surface area contributed by atoms with Crippen LogP contribution in [-0.4, -0.2) is 17.1 Å². The molecule has 0 atom stereocenters. The van der Waals surface area contributed by atoms with Crippen molar-refractivity contribution in [3.8, 4) is 0 Å². The van der Waals surface area contributed by atoms with Gasteiger partial charge in [0, 0.05) is 18.1 Å². The average molecular weight is 287 g/mol. The number of fused-ring (bicyclic) bond motifs is 1. The van der Waals surface area contributed by atoms with Gasteiger partial charge in [0.05, 0.1) is 0 Å². The summed E-state index contributed by atoms with van der Waals surface area (Å²) in [7, 11) is 1.62. The summed E-state index contributed by atoms with van der Waals surface area (Å²) in [6.45, 7) is 0.378. The number of aryl methyl sites for hydroxylation is 2. The molecule has 5 heteroatoms. The van der Waals surface area contributed by atoms with Crippen molar-refractivity contribution in [2.24, 2.45) is 0 Å². The second-order valence-electron chi connectivity index (χ2n) is 4.87. The summed E-state index contributed by atoms with van der Waals surface area (Å²) in [5, 5.41) is 0.863. The molecular formula is C15H17N3OS. The molecule has 0 spiro atoms. The second kappa shape index (κ2) is 5.81. The van der Waals surface area contributed by atoms with Gasteiger partial charge in [-0.25, -0.2) is 9.97 Å². The van der Waals surface area contributed by atoms with Gasteiger partial charge in [0.2, 0.25) is 0 Å². The van der Waals surface area contributed by atoms with Crippen LogP contribution in [0.4, 0.5) is 5.82 Å². The van der Waals surface area contributed by atoms with Crippen molar-refractivity contribution in [3.63, 3.8) is 0 Å². The standard InChI is InChI=1S/C15H17N3OS/c1-19-9-14-17-13(16)8-15(18-14)20-12-6-5-10-3-2-4-11(10)7-12/h5-8H,2-4,9H2,1H3,(H2,16,17,18). The molecule has 1 heterocycles. The van der Waals surface area contributed by atoms with Gasteiger partial charge in [-0.1, -0.05) is 17.8 Å². The van der Waals surface area contributed by atoms with Crippen LogP contribution in [0.25, 0.3) is 0 Å². The number of anilines is 1. The Hall–Kier alpha value is -1.59.